The minimum absolute atomic E-state index is 0.181. The van der Waals surface area contributed by atoms with Crippen LogP contribution in [0.15, 0.2) is 12.1 Å². The van der Waals surface area contributed by atoms with Crippen molar-refractivity contribution in [2.45, 2.75) is 13.3 Å². The van der Waals surface area contributed by atoms with Crippen LogP contribution < -0.4 is 4.74 Å². The molecule has 0 saturated heterocycles. The van der Waals surface area contributed by atoms with Gasteiger partial charge < -0.3 is 4.74 Å². The van der Waals surface area contributed by atoms with E-state index in [0.717, 1.165) is 19.1 Å². The van der Waals surface area contributed by atoms with Gasteiger partial charge in [-0.05, 0) is 19.1 Å². The maximum Gasteiger partial charge on any atom is 0.272 e. The Labute approximate surface area is 88.8 Å². The van der Waals surface area contributed by atoms with Crippen LogP contribution in [0.25, 0.3) is 0 Å². The van der Waals surface area contributed by atoms with Crippen molar-refractivity contribution < 1.29 is 27.1 Å². The second kappa shape index (κ2) is 4.96. The third kappa shape index (κ3) is 2.95. The lowest BCUT2D eigenvalue weighted by molar-refractivity contribution is 0.0776. The lowest BCUT2D eigenvalue weighted by Gasteiger charge is -2.08. The van der Waals surface area contributed by atoms with Crippen LogP contribution in [0.2, 0.25) is 0 Å². The Balaban J connectivity index is 2.98. The van der Waals surface area contributed by atoms with E-state index in [4.69, 9.17) is 0 Å². The number of rotatable bonds is 4. The molecule has 0 aliphatic carbocycles. The van der Waals surface area contributed by atoms with Crippen LogP contribution >= 0.6 is 0 Å². The fourth-order valence-corrected chi connectivity index (χ4v) is 1.05. The van der Waals surface area contributed by atoms with Gasteiger partial charge in [-0.2, -0.15) is 0 Å². The first-order valence-electron chi connectivity index (χ1n) is 4.32. The topological polar surface area (TPSA) is 26.3 Å². The molecule has 0 N–H and O–H groups in total. The van der Waals surface area contributed by atoms with Gasteiger partial charge in [0.25, 0.3) is 6.43 Å². The number of Topliss-reactive ketones (excluding diaryl/α,β-unsaturated/α-hetero) is 1. The van der Waals surface area contributed by atoms with Crippen molar-refractivity contribution in [3.8, 4) is 5.75 Å². The summed E-state index contributed by atoms with van der Waals surface area (Å²) in [6, 6.07) is 1.48. The van der Waals surface area contributed by atoms with Crippen molar-refractivity contribution >= 4 is 5.78 Å². The molecule has 0 atom stereocenters. The van der Waals surface area contributed by atoms with Gasteiger partial charge in [0.2, 0.25) is 0 Å². The number of carbonyl (C=O) groups excluding carboxylic acids is 1. The van der Waals surface area contributed by atoms with E-state index in [-0.39, 0.29) is 5.56 Å². The Morgan fingerprint density at radius 1 is 1.31 bits per heavy atom. The van der Waals surface area contributed by atoms with Crippen molar-refractivity contribution in [3.63, 3.8) is 0 Å². The van der Waals surface area contributed by atoms with Gasteiger partial charge >= 0.3 is 0 Å². The van der Waals surface area contributed by atoms with Gasteiger partial charge in [-0.25, -0.2) is 17.6 Å². The smallest absolute Gasteiger partial charge is 0.272 e. The van der Waals surface area contributed by atoms with Gasteiger partial charge in [0, 0.05) is 5.56 Å². The standard InChI is InChI=1S/C10H8F4O2/c1-5(15)6-2-7(11)10(8(12)3-6)16-4-9(13)14/h2-3,9H,4H2,1H3. The lowest BCUT2D eigenvalue weighted by atomic mass is 10.1. The molecule has 0 bridgehead atoms. The number of hydrogen-bond donors (Lipinski definition) is 0. The zero-order valence-electron chi connectivity index (χ0n) is 8.27. The zero-order valence-corrected chi connectivity index (χ0v) is 8.27. The Hall–Kier alpha value is -1.59. The molecule has 0 aromatic heterocycles. The van der Waals surface area contributed by atoms with Gasteiger partial charge in [0.1, 0.15) is 6.61 Å². The highest BCUT2D eigenvalue weighted by Crippen LogP contribution is 2.23. The van der Waals surface area contributed by atoms with E-state index in [0.29, 0.717) is 0 Å². The molecule has 2 nitrogen and oxygen atoms in total. The molecule has 0 heterocycles. The maximum atomic E-state index is 13.2. The summed E-state index contributed by atoms with van der Waals surface area (Å²) < 4.78 is 54.1. The molecule has 0 fully saturated rings. The molecule has 16 heavy (non-hydrogen) atoms. The van der Waals surface area contributed by atoms with E-state index in [2.05, 4.69) is 4.74 Å². The van der Waals surface area contributed by atoms with E-state index in [1.165, 1.54) is 0 Å². The van der Waals surface area contributed by atoms with Crippen LogP contribution in [0.3, 0.4) is 0 Å². The van der Waals surface area contributed by atoms with Crippen LogP contribution in [0.1, 0.15) is 17.3 Å². The van der Waals surface area contributed by atoms with E-state index in [9.17, 15) is 22.4 Å². The summed E-state index contributed by atoms with van der Waals surface area (Å²) in [7, 11) is 0. The summed E-state index contributed by atoms with van der Waals surface area (Å²) in [4.78, 5) is 10.8. The van der Waals surface area contributed by atoms with E-state index in [1.54, 1.807) is 0 Å². The molecular formula is C10H8F4O2. The lowest BCUT2D eigenvalue weighted by Crippen LogP contribution is -2.10. The first-order valence-corrected chi connectivity index (χ1v) is 4.32. The molecule has 1 aromatic rings. The summed E-state index contributed by atoms with van der Waals surface area (Å²) in [5, 5.41) is 0. The third-order valence-corrected chi connectivity index (χ3v) is 1.76. The second-order valence-corrected chi connectivity index (χ2v) is 3.03. The van der Waals surface area contributed by atoms with Crippen molar-refractivity contribution in [1.29, 1.82) is 0 Å². The summed E-state index contributed by atoms with van der Waals surface area (Å²) in [6.45, 7) is 0.0289. The molecule has 0 saturated carbocycles. The molecule has 0 radical (unpaired) electrons. The van der Waals surface area contributed by atoms with Crippen molar-refractivity contribution in [2.75, 3.05) is 6.61 Å². The zero-order chi connectivity index (χ0) is 12.3. The average Bonchev–Trinajstić information content (AvgIpc) is 2.15. The van der Waals surface area contributed by atoms with E-state index in [1.807, 2.05) is 0 Å². The molecule has 1 aromatic carbocycles. The Kier molecular flexibility index (Phi) is 3.87. The second-order valence-electron chi connectivity index (χ2n) is 3.03. The maximum absolute atomic E-state index is 13.2. The van der Waals surface area contributed by atoms with Gasteiger partial charge in [-0.3, -0.25) is 4.79 Å². The first-order chi connectivity index (χ1) is 7.41. The monoisotopic (exact) mass is 236 g/mol. The van der Waals surface area contributed by atoms with E-state index < -0.39 is 36.2 Å². The number of alkyl halides is 2. The number of benzene rings is 1. The molecule has 1 rings (SSSR count). The fraction of sp³-hybridized carbons (Fsp3) is 0.300. The van der Waals surface area contributed by atoms with Crippen LogP contribution in [0.4, 0.5) is 17.6 Å². The minimum atomic E-state index is -2.83. The SMILES string of the molecule is CC(=O)c1cc(F)c(OCC(F)F)c(F)c1. The third-order valence-electron chi connectivity index (χ3n) is 1.76. The van der Waals surface area contributed by atoms with Crippen LogP contribution in [-0.4, -0.2) is 18.8 Å². The molecule has 0 aliphatic heterocycles. The van der Waals surface area contributed by atoms with Gasteiger partial charge in [-0.1, -0.05) is 0 Å². The predicted molar refractivity (Wildman–Crippen MR) is 47.9 cm³/mol. The molecule has 0 amide bonds. The molecule has 6 heteroatoms. The number of carbonyl (C=O) groups is 1. The highest BCUT2D eigenvalue weighted by atomic mass is 19.3. The summed E-state index contributed by atoms with van der Waals surface area (Å²) in [6.07, 6.45) is -2.83. The molecule has 88 valence electrons. The number of ether oxygens (including phenoxy) is 1. The average molecular weight is 236 g/mol. The quantitative estimate of drug-likeness (QED) is 0.593. The van der Waals surface area contributed by atoms with Crippen molar-refractivity contribution in [2.24, 2.45) is 0 Å². The normalized spacial score (nSPS) is 10.6. The summed E-state index contributed by atoms with van der Waals surface area (Å²) in [5.41, 5.74) is -0.181. The number of halogens is 4. The number of ketones is 1. The van der Waals surface area contributed by atoms with Crippen molar-refractivity contribution in [3.05, 3.63) is 29.3 Å². The van der Waals surface area contributed by atoms with Crippen LogP contribution in [0, 0.1) is 11.6 Å². The highest BCUT2D eigenvalue weighted by molar-refractivity contribution is 5.94. The van der Waals surface area contributed by atoms with Gasteiger partial charge in [0.15, 0.2) is 23.2 Å². The molecular weight excluding hydrogens is 228 g/mol. The molecule has 0 spiro atoms. The Morgan fingerprint density at radius 3 is 2.19 bits per heavy atom. The summed E-state index contributed by atoms with van der Waals surface area (Å²) in [5.74, 6) is -3.78. The fourth-order valence-electron chi connectivity index (χ4n) is 1.05. The first kappa shape index (κ1) is 12.5. The van der Waals surface area contributed by atoms with E-state index >= 15 is 0 Å². The van der Waals surface area contributed by atoms with Crippen LogP contribution in [0.5, 0.6) is 5.75 Å². The highest BCUT2D eigenvalue weighted by Gasteiger charge is 2.16. The molecule has 0 aliphatic rings. The predicted octanol–water partition coefficient (Wildman–Crippen LogP) is 2.81. The van der Waals surface area contributed by atoms with Gasteiger partial charge in [0.05, 0.1) is 0 Å². The number of hydrogen-bond acceptors (Lipinski definition) is 2. The van der Waals surface area contributed by atoms with Gasteiger partial charge in [-0.15, -0.1) is 0 Å². The Morgan fingerprint density at radius 2 is 1.81 bits per heavy atom. The Bertz CT molecular complexity index is 381. The largest absolute Gasteiger partial charge is 0.482 e. The van der Waals surface area contributed by atoms with Crippen LogP contribution in [-0.2, 0) is 0 Å². The van der Waals surface area contributed by atoms with Crippen molar-refractivity contribution in [1.82, 2.24) is 0 Å². The minimum Gasteiger partial charge on any atom is -0.482 e. The molecule has 0 unspecified atom stereocenters. The summed E-state index contributed by atoms with van der Waals surface area (Å²) >= 11 is 0.